The first-order chi connectivity index (χ1) is 29.8. The van der Waals surface area contributed by atoms with E-state index in [4.69, 9.17) is 18.9 Å². The standard InChI is InChI=1S/C51H88O10/c1-3-5-7-9-11-13-15-17-19-21-22-24-25-27-29-31-33-35-37-39-46(53)58-42-44(43-59-51-50(57)49(56)48(55)45(41-52)61-51)60-47(54)40-38-36-34-32-30-28-26-23-20-18-16-14-12-10-8-6-4-2/h6,8,12,14,17-20,26,28,44-45,48-52,55-57H,3-5,7,9-11,13,15-16,21-25,27,29-43H2,1-2H3/b8-6-,14-12-,19-17-,20-18-,28-26-. The average Bonchev–Trinajstić information content (AvgIpc) is 3.26. The fraction of sp³-hybridized carbons (Fsp3) is 0.765. The number of esters is 2. The summed E-state index contributed by atoms with van der Waals surface area (Å²) in [7, 11) is 0. The molecule has 1 rings (SSSR count). The maximum atomic E-state index is 12.8. The lowest BCUT2D eigenvalue weighted by molar-refractivity contribution is -0.305. The van der Waals surface area contributed by atoms with Gasteiger partial charge < -0.3 is 39.4 Å². The van der Waals surface area contributed by atoms with Gasteiger partial charge in [0.15, 0.2) is 12.4 Å². The summed E-state index contributed by atoms with van der Waals surface area (Å²) in [6.07, 6.45) is 43.7. The predicted octanol–water partition coefficient (Wildman–Crippen LogP) is 11.0. The van der Waals surface area contributed by atoms with Crippen LogP contribution in [-0.4, -0.2) is 89.0 Å². The number of carbonyl (C=O) groups is 2. The van der Waals surface area contributed by atoms with Crippen molar-refractivity contribution in [2.75, 3.05) is 19.8 Å². The summed E-state index contributed by atoms with van der Waals surface area (Å²) in [5.41, 5.74) is 0. The summed E-state index contributed by atoms with van der Waals surface area (Å²) in [6.45, 7) is 3.29. The Kier molecular flexibility index (Phi) is 38.3. The topological polar surface area (TPSA) is 152 Å². The molecular weight excluding hydrogens is 773 g/mol. The van der Waals surface area contributed by atoms with Crippen LogP contribution in [-0.2, 0) is 28.5 Å². The first-order valence-electron chi connectivity index (χ1n) is 24.4. The number of aliphatic hydroxyl groups excluding tert-OH is 4. The summed E-state index contributed by atoms with van der Waals surface area (Å²) >= 11 is 0. The Morgan fingerprint density at radius 1 is 0.525 bits per heavy atom. The number of unbranched alkanes of at least 4 members (excludes halogenated alkanes) is 19. The van der Waals surface area contributed by atoms with Crippen LogP contribution in [0.2, 0.25) is 0 Å². The Hall–Kier alpha value is -2.60. The highest BCUT2D eigenvalue weighted by Crippen LogP contribution is 2.23. The fourth-order valence-electron chi connectivity index (χ4n) is 7.06. The molecule has 4 N–H and O–H groups in total. The Bertz CT molecular complexity index is 1180. The molecule has 0 radical (unpaired) electrons. The zero-order valence-corrected chi connectivity index (χ0v) is 38.4. The van der Waals surface area contributed by atoms with Crippen molar-refractivity contribution in [3.63, 3.8) is 0 Å². The van der Waals surface area contributed by atoms with Crippen LogP contribution >= 0.6 is 0 Å². The SMILES string of the molecule is CC/C=C\C/C=C\C/C=C\C/C=C\CCCCCCC(=O)OC(COC(=O)CCCCCCCCCCC/C=C\CCCCCCCC)COC1OC(CO)C(O)C(O)C1O. The van der Waals surface area contributed by atoms with Gasteiger partial charge in [-0.3, -0.25) is 9.59 Å². The van der Waals surface area contributed by atoms with E-state index in [0.29, 0.717) is 6.42 Å². The van der Waals surface area contributed by atoms with E-state index in [1.807, 2.05) is 0 Å². The van der Waals surface area contributed by atoms with E-state index in [1.54, 1.807) is 0 Å². The third-order valence-electron chi connectivity index (χ3n) is 10.9. The van der Waals surface area contributed by atoms with E-state index in [9.17, 15) is 30.0 Å². The van der Waals surface area contributed by atoms with Crippen LogP contribution in [0.4, 0.5) is 0 Å². The predicted molar refractivity (Wildman–Crippen MR) is 247 cm³/mol. The molecule has 10 heteroatoms. The minimum atomic E-state index is -1.60. The number of rotatable bonds is 40. The minimum absolute atomic E-state index is 0.200. The van der Waals surface area contributed by atoms with Crippen LogP contribution in [0.5, 0.6) is 0 Å². The van der Waals surface area contributed by atoms with Crippen LogP contribution in [0, 0.1) is 0 Å². The number of aliphatic hydroxyl groups is 4. The van der Waals surface area contributed by atoms with Crippen LogP contribution in [0.1, 0.15) is 194 Å². The highest BCUT2D eigenvalue weighted by Gasteiger charge is 2.44. The smallest absolute Gasteiger partial charge is 0.306 e. The molecule has 0 saturated carbocycles. The lowest BCUT2D eigenvalue weighted by Crippen LogP contribution is -2.59. The summed E-state index contributed by atoms with van der Waals surface area (Å²) in [4.78, 5) is 25.4. The highest BCUT2D eigenvalue weighted by atomic mass is 16.7. The number of allylic oxidation sites excluding steroid dienone is 10. The van der Waals surface area contributed by atoms with E-state index in [-0.39, 0.29) is 32.0 Å². The Morgan fingerprint density at radius 3 is 1.48 bits per heavy atom. The van der Waals surface area contributed by atoms with Crippen molar-refractivity contribution in [3.8, 4) is 0 Å². The van der Waals surface area contributed by atoms with Crippen molar-refractivity contribution in [3.05, 3.63) is 60.8 Å². The van der Waals surface area contributed by atoms with Gasteiger partial charge in [-0.15, -0.1) is 0 Å². The molecule has 0 bridgehead atoms. The number of hydrogen-bond acceptors (Lipinski definition) is 10. The normalized spacial score (nSPS) is 20.3. The van der Waals surface area contributed by atoms with Gasteiger partial charge in [-0.2, -0.15) is 0 Å². The van der Waals surface area contributed by atoms with E-state index in [2.05, 4.69) is 74.6 Å². The highest BCUT2D eigenvalue weighted by molar-refractivity contribution is 5.70. The second-order valence-electron chi connectivity index (χ2n) is 16.5. The van der Waals surface area contributed by atoms with Gasteiger partial charge in [-0.05, 0) is 77.0 Å². The largest absolute Gasteiger partial charge is 0.462 e. The zero-order chi connectivity index (χ0) is 44.4. The summed E-state index contributed by atoms with van der Waals surface area (Å²) in [6, 6.07) is 0. The molecule has 10 nitrogen and oxygen atoms in total. The first-order valence-corrected chi connectivity index (χ1v) is 24.4. The number of hydrogen-bond donors (Lipinski definition) is 4. The molecule has 1 fully saturated rings. The third-order valence-corrected chi connectivity index (χ3v) is 10.9. The van der Waals surface area contributed by atoms with Gasteiger partial charge in [0.05, 0.1) is 13.2 Å². The van der Waals surface area contributed by atoms with E-state index < -0.39 is 49.4 Å². The Labute approximate surface area is 370 Å². The van der Waals surface area contributed by atoms with Crippen molar-refractivity contribution in [1.29, 1.82) is 0 Å². The van der Waals surface area contributed by atoms with Gasteiger partial charge in [-0.1, -0.05) is 164 Å². The summed E-state index contributed by atoms with van der Waals surface area (Å²) in [5, 5.41) is 40.1. The van der Waals surface area contributed by atoms with Crippen molar-refractivity contribution in [1.82, 2.24) is 0 Å². The molecule has 1 saturated heterocycles. The molecule has 1 aliphatic rings. The van der Waals surface area contributed by atoms with Gasteiger partial charge in [0.2, 0.25) is 0 Å². The van der Waals surface area contributed by atoms with Crippen LogP contribution in [0.15, 0.2) is 60.8 Å². The molecule has 6 unspecified atom stereocenters. The molecule has 1 aliphatic heterocycles. The second-order valence-corrected chi connectivity index (χ2v) is 16.5. The van der Waals surface area contributed by atoms with Crippen LogP contribution < -0.4 is 0 Å². The monoisotopic (exact) mass is 861 g/mol. The third kappa shape index (κ3) is 32.7. The fourth-order valence-corrected chi connectivity index (χ4v) is 7.06. The van der Waals surface area contributed by atoms with E-state index >= 15 is 0 Å². The molecule has 0 aromatic carbocycles. The van der Waals surface area contributed by atoms with E-state index in [0.717, 1.165) is 77.0 Å². The van der Waals surface area contributed by atoms with Gasteiger partial charge in [0.25, 0.3) is 0 Å². The Balaban J connectivity index is 2.31. The molecular formula is C51H88O10. The molecule has 1 heterocycles. The molecule has 6 atom stereocenters. The molecule has 0 aliphatic carbocycles. The average molecular weight is 861 g/mol. The van der Waals surface area contributed by atoms with Crippen molar-refractivity contribution >= 4 is 11.9 Å². The first kappa shape index (κ1) is 56.4. The molecule has 352 valence electrons. The number of carbonyl (C=O) groups excluding carboxylic acids is 2. The van der Waals surface area contributed by atoms with Gasteiger partial charge in [0, 0.05) is 12.8 Å². The van der Waals surface area contributed by atoms with E-state index in [1.165, 1.54) is 83.5 Å². The van der Waals surface area contributed by atoms with Gasteiger partial charge >= 0.3 is 11.9 Å². The molecule has 0 spiro atoms. The summed E-state index contributed by atoms with van der Waals surface area (Å²) < 4.78 is 22.2. The maximum Gasteiger partial charge on any atom is 0.306 e. The Morgan fingerprint density at radius 2 is 0.967 bits per heavy atom. The maximum absolute atomic E-state index is 12.8. The lowest BCUT2D eigenvalue weighted by Gasteiger charge is -2.39. The minimum Gasteiger partial charge on any atom is -0.462 e. The van der Waals surface area contributed by atoms with Crippen molar-refractivity contribution in [2.45, 2.75) is 230 Å². The van der Waals surface area contributed by atoms with Crippen LogP contribution in [0.25, 0.3) is 0 Å². The number of ether oxygens (including phenoxy) is 4. The van der Waals surface area contributed by atoms with Crippen molar-refractivity contribution in [2.24, 2.45) is 0 Å². The molecule has 0 amide bonds. The van der Waals surface area contributed by atoms with Gasteiger partial charge in [0.1, 0.15) is 31.0 Å². The van der Waals surface area contributed by atoms with Crippen molar-refractivity contribution < 1.29 is 49.0 Å². The molecule has 0 aromatic heterocycles. The quantitative estimate of drug-likeness (QED) is 0.0266. The molecule has 0 aromatic rings. The second kappa shape index (κ2) is 41.4. The summed E-state index contributed by atoms with van der Waals surface area (Å²) in [5.74, 6) is -0.837. The van der Waals surface area contributed by atoms with Gasteiger partial charge in [-0.25, -0.2) is 0 Å². The molecule has 61 heavy (non-hydrogen) atoms. The lowest BCUT2D eigenvalue weighted by atomic mass is 9.99. The van der Waals surface area contributed by atoms with Crippen LogP contribution in [0.3, 0.4) is 0 Å². The zero-order valence-electron chi connectivity index (χ0n) is 38.4.